The van der Waals surface area contributed by atoms with Crippen molar-refractivity contribution in [2.75, 3.05) is 0 Å². The first-order valence-electron chi connectivity index (χ1n) is 3.87. The minimum absolute atomic E-state index is 0.0602. The normalized spacial score (nSPS) is 24.0. The summed E-state index contributed by atoms with van der Waals surface area (Å²) in [5.74, 6) is -0.481. The highest BCUT2D eigenvalue weighted by Crippen LogP contribution is 2.17. The summed E-state index contributed by atoms with van der Waals surface area (Å²) < 4.78 is 0. The first-order valence-corrected chi connectivity index (χ1v) is 3.87. The van der Waals surface area contributed by atoms with Gasteiger partial charge in [0.2, 0.25) is 0 Å². The van der Waals surface area contributed by atoms with Crippen molar-refractivity contribution >= 4 is 17.8 Å². The van der Waals surface area contributed by atoms with E-state index in [1.54, 1.807) is 6.08 Å². The van der Waals surface area contributed by atoms with Gasteiger partial charge in [-0.2, -0.15) is 0 Å². The molecule has 2 aliphatic rings. The van der Waals surface area contributed by atoms with Crippen LogP contribution in [0.2, 0.25) is 0 Å². The van der Waals surface area contributed by atoms with Crippen molar-refractivity contribution in [1.29, 1.82) is 0 Å². The molecule has 1 atom stereocenters. The highest BCUT2D eigenvalue weighted by molar-refractivity contribution is 6.32. The number of hydrogen-bond acceptors (Lipinski definition) is 4. The van der Waals surface area contributed by atoms with Crippen LogP contribution < -0.4 is 0 Å². The molecule has 1 aliphatic heterocycles. The van der Waals surface area contributed by atoms with Gasteiger partial charge in [0, 0.05) is 6.08 Å². The number of rotatable bonds is 1. The van der Waals surface area contributed by atoms with Gasteiger partial charge < -0.3 is 0 Å². The number of nitrogens with zero attached hydrogens (tertiary/aromatic N) is 3. The molecule has 0 bridgehead atoms. The maximum Gasteiger partial charge on any atom is 0.288 e. The third-order valence-corrected chi connectivity index (χ3v) is 1.88. The maximum absolute atomic E-state index is 10.8. The molecule has 1 heterocycles. The fraction of sp³-hybridized carbons (Fsp3) is 0.125. The van der Waals surface area contributed by atoms with Crippen molar-refractivity contribution in [1.82, 2.24) is 0 Å². The molecule has 0 spiro atoms. The number of amides is 1. The Balaban J connectivity index is 2.42. The molecule has 0 saturated heterocycles. The molecule has 0 aromatic heterocycles. The van der Waals surface area contributed by atoms with E-state index in [2.05, 4.69) is 9.98 Å². The zero-order valence-electron chi connectivity index (χ0n) is 6.95. The van der Waals surface area contributed by atoms with E-state index in [4.69, 9.17) is 0 Å². The third-order valence-electron chi connectivity index (χ3n) is 1.88. The van der Waals surface area contributed by atoms with E-state index in [9.17, 15) is 14.9 Å². The summed E-state index contributed by atoms with van der Waals surface area (Å²) in [5.41, 5.74) is 0.265. The Labute approximate surface area is 78.5 Å². The topological polar surface area (TPSA) is 84.9 Å². The SMILES string of the molecule is O=C1C=NC2C([N+](=O)[O-])=CC=CC2=N1. The van der Waals surface area contributed by atoms with E-state index < -0.39 is 16.9 Å². The second-order valence-corrected chi connectivity index (χ2v) is 2.76. The molecule has 1 aliphatic carbocycles. The molecule has 0 saturated carbocycles. The highest BCUT2D eigenvalue weighted by atomic mass is 16.6. The van der Waals surface area contributed by atoms with Crippen LogP contribution in [0.1, 0.15) is 0 Å². The van der Waals surface area contributed by atoms with Crippen molar-refractivity contribution in [3.05, 3.63) is 34.0 Å². The molecule has 1 unspecified atom stereocenters. The Kier molecular flexibility index (Phi) is 1.81. The predicted molar refractivity (Wildman–Crippen MR) is 48.9 cm³/mol. The fourth-order valence-electron chi connectivity index (χ4n) is 1.29. The van der Waals surface area contributed by atoms with Gasteiger partial charge in [0.25, 0.3) is 11.6 Å². The average Bonchev–Trinajstić information content (AvgIpc) is 2.16. The lowest BCUT2D eigenvalue weighted by atomic mass is 10.0. The Bertz CT molecular complexity index is 431. The zero-order chi connectivity index (χ0) is 10.1. The fourth-order valence-corrected chi connectivity index (χ4v) is 1.29. The lowest BCUT2D eigenvalue weighted by molar-refractivity contribution is -0.427. The second kappa shape index (κ2) is 2.99. The van der Waals surface area contributed by atoms with Crippen molar-refractivity contribution in [2.45, 2.75) is 6.04 Å². The van der Waals surface area contributed by atoms with Crippen LogP contribution in [0, 0.1) is 10.1 Å². The summed E-state index contributed by atoms with van der Waals surface area (Å²) in [7, 11) is 0. The average molecular weight is 191 g/mol. The van der Waals surface area contributed by atoms with Crippen LogP contribution in [-0.4, -0.2) is 28.8 Å². The minimum Gasteiger partial charge on any atom is -0.266 e. The summed E-state index contributed by atoms with van der Waals surface area (Å²) in [6, 6.07) is -0.729. The van der Waals surface area contributed by atoms with Crippen LogP contribution in [0.3, 0.4) is 0 Å². The number of fused-ring (bicyclic) bond motifs is 1. The lowest BCUT2D eigenvalue weighted by Crippen LogP contribution is -2.30. The molecule has 0 aromatic carbocycles. The molecule has 70 valence electrons. The molecule has 0 N–H and O–H groups in total. The first-order chi connectivity index (χ1) is 6.68. The summed E-state index contributed by atoms with van der Waals surface area (Å²) in [6.07, 6.45) is 5.40. The first kappa shape index (κ1) is 8.49. The van der Waals surface area contributed by atoms with E-state index in [0.717, 1.165) is 6.21 Å². The number of carbonyl (C=O) groups excluding carboxylic acids is 1. The van der Waals surface area contributed by atoms with Crippen molar-refractivity contribution in [3.63, 3.8) is 0 Å². The number of hydrogen-bond donors (Lipinski definition) is 0. The smallest absolute Gasteiger partial charge is 0.266 e. The number of carbonyl (C=O) groups is 1. The molecule has 6 heteroatoms. The number of nitro groups is 1. The van der Waals surface area contributed by atoms with Gasteiger partial charge in [0.05, 0.1) is 16.8 Å². The Morgan fingerprint density at radius 3 is 3.00 bits per heavy atom. The van der Waals surface area contributed by atoms with E-state index in [0.29, 0.717) is 5.71 Å². The molecule has 6 nitrogen and oxygen atoms in total. The molecular weight excluding hydrogens is 186 g/mol. The summed E-state index contributed by atoms with van der Waals surface area (Å²) in [5, 5.41) is 10.6. The van der Waals surface area contributed by atoms with Gasteiger partial charge in [-0.05, 0) is 6.08 Å². The van der Waals surface area contributed by atoms with E-state index in [1.165, 1.54) is 12.2 Å². The van der Waals surface area contributed by atoms with E-state index >= 15 is 0 Å². The molecule has 2 rings (SSSR count). The Hall–Kier alpha value is -2.11. The van der Waals surface area contributed by atoms with Gasteiger partial charge >= 0.3 is 0 Å². The molecule has 0 fully saturated rings. The number of aliphatic imine (C=N–C) groups is 2. The van der Waals surface area contributed by atoms with Gasteiger partial charge in [0.1, 0.15) is 0 Å². The quantitative estimate of drug-likeness (QED) is 0.436. The standard InChI is InChI=1S/C8H5N3O3/c12-7-4-9-8-5(10-7)2-1-3-6(8)11(13)14/h1-4,8H. The van der Waals surface area contributed by atoms with E-state index in [-0.39, 0.29) is 5.70 Å². The van der Waals surface area contributed by atoms with Gasteiger partial charge in [-0.3, -0.25) is 19.9 Å². The van der Waals surface area contributed by atoms with Crippen LogP contribution in [0.25, 0.3) is 0 Å². The minimum atomic E-state index is -0.729. The number of allylic oxidation sites excluding steroid dienone is 2. The molecule has 14 heavy (non-hydrogen) atoms. The third kappa shape index (κ3) is 1.26. The van der Waals surface area contributed by atoms with Crippen molar-refractivity contribution in [2.24, 2.45) is 9.98 Å². The predicted octanol–water partition coefficient (Wildman–Crippen LogP) is 0.137. The van der Waals surface area contributed by atoms with Crippen LogP contribution in [0.5, 0.6) is 0 Å². The second-order valence-electron chi connectivity index (χ2n) is 2.76. The highest BCUT2D eigenvalue weighted by Gasteiger charge is 2.31. The molecule has 0 radical (unpaired) electrons. The lowest BCUT2D eigenvalue weighted by Gasteiger charge is -2.14. The van der Waals surface area contributed by atoms with E-state index in [1.807, 2.05) is 0 Å². The zero-order valence-corrected chi connectivity index (χ0v) is 6.95. The van der Waals surface area contributed by atoms with Crippen LogP contribution in [0.4, 0.5) is 0 Å². The monoisotopic (exact) mass is 191 g/mol. The van der Waals surface area contributed by atoms with Gasteiger partial charge in [-0.1, -0.05) is 6.08 Å². The Morgan fingerprint density at radius 1 is 1.50 bits per heavy atom. The van der Waals surface area contributed by atoms with Gasteiger partial charge in [-0.25, -0.2) is 4.99 Å². The summed E-state index contributed by atoms with van der Waals surface area (Å²) in [4.78, 5) is 28.3. The largest absolute Gasteiger partial charge is 0.288 e. The van der Waals surface area contributed by atoms with Crippen LogP contribution >= 0.6 is 0 Å². The van der Waals surface area contributed by atoms with Crippen LogP contribution in [-0.2, 0) is 4.79 Å². The van der Waals surface area contributed by atoms with Gasteiger partial charge in [0.15, 0.2) is 6.04 Å². The Morgan fingerprint density at radius 2 is 2.29 bits per heavy atom. The molecular formula is C8H5N3O3. The summed E-state index contributed by atoms with van der Waals surface area (Å²) >= 11 is 0. The van der Waals surface area contributed by atoms with Crippen LogP contribution in [0.15, 0.2) is 33.9 Å². The molecule has 0 aromatic rings. The van der Waals surface area contributed by atoms with Crippen molar-refractivity contribution in [3.8, 4) is 0 Å². The molecule has 1 amide bonds. The van der Waals surface area contributed by atoms with Crippen molar-refractivity contribution < 1.29 is 9.72 Å². The summed E-state index contributed by atoms with van der Waals surface area (Å²) in [6.45, 7) is 0. The maximum atomic E-state index is 10.8. The van der Waals surface area contributed by atoms with Gasteiger partial charge in [-0.15, -0.1) is 0 Å².